The number of nitrogens with two attached hydrogens (primary N) is 1. The topological polar surface area (TPSA) is 55.9 Å². The summed E-state index contributed by atoms with van der Waals surface area (Å²) in [4.78, 5) is 0. The Kier molecular flexibility index (Phi) is 3.69. The SMILES string of the molecule is C#CCC(NN)c1cn(C)nc1CC. The van der Waals surface area contributed by atoms with Gasteiger partial charge in [-0.05, 0) is 6.42 Å². The fraction of sp³-hybridized carbons (Fsp3) is 0.500. The van der Waals surface area contributed by atoms with E-state index in [0.717, 1.165) is 17.7 Å². The summed E-state index contributed by atoms with van der Waals surface area (Å²) in [7, 11) is 1.89. The van der Waals surface area contributed by atoms with Gasteiger partial charge in [-0.15, -0.1) is 12.3 Å². The Bertz CT molecular complexity index is 334. The Morgan fingerprint density at radius 1 is 1.79 bits per heavy atom. The molecule has 0 aliphatic heterocycles. The van der Waals surface area contributed by atoms with Crippen molar-refractivity contribution in [3.8, 4) is 12.3 Å². The lowest BCUT2D eigenvalue weighted by atomic mass is 10.0. The second-order valence-corrected chi connectivity index (χ2v) is 3.19. The van der Waals surface area contributed by atoms with Crippen LogP contribution in [-0.4, -0.2) is 9.78 Å². The first-order valence-corrected chi connectivity index (χ1v) is 4.64. The van der Waals surface area contributed by atoms with Crippen molar-refractivity contribution in [3.05, 3.63) is 17.5 Å². The molecule has 0 spiro atoms. The zero-order valence-electron chi connectivity index (χ0n) is 8.62. The van der Waals surface area contributed by atoms with Crippen molar-refractivity contribution < 1.29 is 0 Å². The standard InChI is InChI=1S/C10H16N4/c1-4-6-10(12-11)8-7-14(3)13-9(8)5-2/h1,7,10,12H,5-6,11H2,2-3H3. The van der Waals surface area contributed by atoms with E-state index in [1.54, 1.807) is 4.68 Å². The molecule has 4 nitrogen and oxygen atoms in total. The van der Waals surface area contributed by atoms with Gasteiger partial charge >= 0.3 is 0 Å². The van der Waals surface area contributed by atoms with Crippen molar-refractivity contribution in [1.29, 1.82) is 0 Å². The van der Waals surface area contributed by atoms with Gasteiger partial charge in [-0.2, -0.15) is 5.10 Å². The Labute approximate surface area is 84.5 Å². The second-order valence-electron chi connectivity index (χ2n) is 3.19. The average Bonchev–Trinajstić information content (AvgIpc) is 2.55. The van der Waals surface area contributed by atoms with Crippen molar-refractivity contribution in [2.45, 2.75) is 25.8 Å². The predicted octanol–water partition coefficient (Wildman–Crippen LogP) is 0.510. The summed E-state index contributed by atoms with van der Waals surface area (Å²) in [6, 6.07) is 0.00338. The van der Waals surface area contributed by atoms with Crippen molar-refractivity contribution in [2.75, 3.05) is 0 Å². The highest BCUT2D eigenvalue weighted by atomic mass is 15.3. The Morgan fingerprint density at radius 2 is 2.50 bits per heavy atom. The molecule has 0 aliphatic rings. The summed E-state index contributed by atoms with van der Waals surface area (Å²) in [5.74, 6) is 8.04. The minimum Gasteiger partial charge on any atom is -0.275 e. The molecule has 76 valence electrons. The van der Waals surface area contributed by atoms with Crippen LogP contribution in [0.1, 0.15) is 30.6 Å². The zero-order valence-corrected chi connectivity index (χ0v) is 8.62. The lowest BCUT2D eigenvalue weighted by molar-refractivity contribution is 0.563. The van der Waals surface area contributed by atoms with Crippen LogP contribution >= 0.6 is 0 Å². The van der Waals surface area contributed by atoms with Gasteiger partial charge in [-0.25, -0.2) is 0 Å². The molecule has 0 aliphatic carbocycles. The average molecular weight is 192 g/mol. The molecular formula is C10H16N4. The molecule has 0 amide bonds. The van der Waals surface area contributed by atoms with Crippen LogP contribution in [0.15, 0.2) is 6.20 Å². The molecule has 0 bridgehead atoms. The zero-order chi connectivity index (χ0) is 10.6. The highest BCUT2D eigenvalue weighted by Crippen LogP contribution is 2.19. The number of aryl methyl sites for hydroxylation is 2. The number of hydrogen-bond acceptors (Lipinski definition) is 3. The van der Waals surface area contributed by atoms with Crippen LogP contribution in [0.5, 0.6) is 0 Å². The largest absolute Gasteiger partial charge is 0.275 e. The van der Waals surface area contributed by atoms with Crippen molar-refractivity contribution in [1.82, 2.24) is 15.2 Å². The van der Waals surface area contributed by atoms with Crippen LogP contribution in [0.2, 0.25) is 0 Å². The quantitative estimate of drug-likeness (QED) is 0.415. The van der Waals surface area contributed by atoms with Gasteiger partial charge in [0, 0.05) is 25.2 Å². The smallest absolute Gasteiger partial charge is 0.0670 e. The van der Waals surface area contributed by atoms with E-state index in [1.165, 1.54) is 0 Å². The third kappa shape index (κ3) is 2.13. The maximum atomic E-state index is 5.44. The molecule has 0 fully saturated rings. The third-order valence-corrected chi connectivity index (χ3v) is 2.17. The minimum atomic E-state index is 0.00338. The molecule has 1 heterocycles. The first kappa shape index (κ1) is 10.8. The van der Waals surface area contributed by atoms with Crippen LogP contribution < -0.4 is 11.3 Å². The van der Waals surface area contributed by atoms with Crippen LogP contribution in [0.3, 0.4) is 0 Å². The number of rotatable bonds is 4. The van der Waals surface area contributed by atoms with Gasteiger partial charge in [0.05, 0.1) is 11.7 Å². The normalized spacial score (nSPS) is 12.4. The first-order valence-electron chi connectivity index (χ1n) is 4.64. The number of aromatic nitrogens is 2. The number of terminal acetylenes is 1. The predicted molar refractivity (Wildman–Crippen MR) is 56.1 cm³/mol. The van der Waals surface area contributed by atoms with Crippen molar-refractivity contribution in [2.24, 2.45) is 12.9 Å². The highest BCUT2D eigenvalue weighted by Gasteiger charge is 2.15. The van der Waals surface area contributed by atoms with Crippen LogP contribution in [0, 0.1) is 12.3 Å². The highest BCUT2D eigenvalue weighted by molar-refractivity contribution is 5.22. The number of nitrogens with one attached hydrogen (secondary N) is 1. The fourth-order valence-corrected chi connectivity index (χ4v) is 1.50. The van der Waals surface area contributed by atoms with E-state index >= 15 is 0 Å². The van der Waals surface area contributed by atoms with Gasteiger partial charge in [0.1, 0.15) is 0 Å². The van der Waals surface area contributed by atoms with Gasteiger partial charge < -0.3 is 0 Å². The molecule has 1 unspecified atom stereocenters. The molecule has 4 heteroatoms. The molecule has 1 rings (SSSR count). The second kappa shape index (κ2) is 4.80. The lowest BCUT2D eigenvalue weighted by Crippen LogP contribution is -2.28. The van der Waals surface area contributed by atoms with Gasteiger partial charge in [-0.3, -0.25) is 16.0 Å². The molecular weight excluding hydrogens is 176 g/mol. The monoisotopic (exact) mass is 192 g/mol. The number of hydrazine groups is 1. The number of hydrogen-bond donors (Lipinski definition) is 2. The Balaban J connectivity index is 2.96. The van der Waals surface area contributed by atoms with Crippen LogP contribution in [-0.2, 0) is 13.5 Å². The van der Waals surface area contributed by atoms with E-state index in [2.05, 4.69) is 23.4 Å². The number of nitrogens with zero attached hydrogens (tertiary/aromatic N) is 2. The first-order chi connectivity index (χ1) is 6.72. The molecule has 1 aromatic heterocycles. The summed E-state index contributed by atoms with van der Waals surface area (Å²) < 4.78 is 1.79. The van der Waals surface area contributed by atoms with Crippen LogP contribution in [0.4, 0.5) is 0 Å². The van der Waals surface area contributed by atoms with Crippen LogP contribution in [0.25, 0.3) is 0 Å². The Hall–Kier alpha value is -1.31. The lowest BCUT2D eigenvalue weighted by Gasteiger charge is -2.11. The maximum Gasteiger partial charge on any atom is 0.0670 e. The third-order valence-electron chi connectivity index (χ3n) is 2.17. The van der Waals surface area contributed by atoms with E-state index in [-0.39, 0.29) is 6.04 Å². The molecule has 0 radical (unpaired) electrons. The summed E-state index contributed by atoms with van der Waals surface area (Å²) in [6.45, 7) is 2.06. The summed E-state index contributed by atoms with van der Waals surface area (Å²) in [5, 5.41) is 4.33. The molecule has 1 atom stereocenters. The molecule has 1 aromatic rings. The summed E-state index contributed by atoms with van der Waals surface area (Å²) in [6.07, 6.45) is 8.69. The molecule has 3 N–H and O–H groups in total. The Morgan fingerprint density at radius 3 is 3.00 bits per heavy atom. The van der Waals surface area contributed by atoms with E-state index in [9.17, 15) is 0 Å². The summed E-state index contributed by atoms with van der Waals surface area (Å²) >= 11 is 0. The van der Waals surface area contributed by atoms with E-state index in [0.29, 0.717) is 6.42 Å². The summed E-state index contributed by atoms with van der Waals surface area (Å²) in [5.41, 5.74) is 4.85. The van der Waals surface area contributed by atoms with Gasteiger partial charge in [0.2, 0.25) is 0 Å². The van der Waals surface area contributed by atoms with Gasteiger partial charge in [0.15, 0.2) is 0 Å². The molecule has 14 heavy (non-hydrogen) atoms. The van der Waals surface area contributed by atoms with Crippen molar-refractivity contribution >= 4 is 0 Å². The van der Waals surface area contributed by atoms with Gasteiger partial charge in [0.25, 0.3) is 0 Å². The molecule has 0 saturated heterocycles. The fourth-order valence-electron chi connectivity index (χ4n) is 1.50. The maximum absolute atomic E-state index is 5.44. The molecule has 0 saturated carbocycles. The molecule has 0 aromatic carbocycles. The minimum absolute atomic E-state index is 0.00338. The van der Waals surface area contributed by atoms with E-state index in [4.69, 9.17) is 12.3 Å². The van der Waals surface area contributed by atoms with Crippen molar-refractivity contribution in [3.63, 3.8) is 0 Å². The van der Waals surface area contributed by atoms with Gasteiger partial charge in [-0.1, -0.05) is 6.92 Å². The van der Waals surface area contributed by atoms with E-state index < -0.39 is 0 Å². The van der Waals surface area contributed by atoms with E-state index in [1.807, 2.05) is 13.2 Å².